The first-order valence-electron chi connectivity index (χ1n) is 10.0. The molecule has 0 radical (unpaired) electrons. The number of likely N-dealkylation sites (N-methyl/N-ethyl adjacent to an activating group) is 1. The molecule has 2 saturated heterocycles. The Labute approximate surface area is 153 Å². The molecule has 0 saturated carbocycles. The second-order valence-corrected chi connectivity index (χ2v) is 8.02. The zero-order chi connectivity index (χ0) is 17.6. The van der Waals surface area contributed by atoms with Crippen molar-refractivity contribution in [2.75, 3.05) is 46.3 Å². The van der Waals surface area contributed by atoms with Crippen molar-refractivity contribution in [1.82, 2.24) is 14.7 Å². The highest BCUT2D eigenvalue weighted by Crippen LogP contribution is 2.21. The third kappa shape index (κ3) is 5.70. The van der Waals surface area contributed by atoms with E-state index in [1.54, 1.807) is 0 Å². The van der Waals surface area contributed by atoms with E-state index in [0.29, 0.717) is 12.1 Å². The maximum absolute atomic E-state index is 6.22. The highest BCUT2D eigenvalue weighted by atomic mass is 16.5. The van der Waals surface area contributed by atoms with Crippen molar-refractivity contribution in [1.29, 1.82) is 0 Å². The summed E-state index contributed by atoms with van der Waals surface area (Å²) in [5.74, 6) is 1.03. The summed E-state index contributed by atoms with van der Waals surface area (Å²) >= 11 is 0. The van der Waals surface area contributed by atoms with Gasteiger partial charge in [-0.1, -0.05) is 12.1 Å². The van der Waals surface area contributed by atoms with Crippen LogP contribution in [0.4, 0.5) is 0 Å². The van der Waals surface area contributed by atoms with Crippen molar-refractivity contribution in [2.24, 2.45) is 0 Å². The van der Waals surface area contributed by atoms with E-state index in [2.05, 4.69) is 59.9 Å². The van der Waals surface area contributed by atoms with E-state index < -0.39 is 0 Å². The van der Waals surface area contributed by atoms with Gasteiger partial charge in [0.15, 0.2) is 0 Å². The van der Waals surface area contributed by atoms with Crippen molar-refractivity contribution in [3.8, 4) is 5.75 Å². The first kappa shape index (κ1) is 18.7. The van der Waals surface area contributed by atoms with Gasteiger partial charge in [-0.25, -0.2) is 0 Å². The molecule has 2 aliphatic rings. The van der Waals surface area contributed by atoms with Crippen LogP contribution in [0, 0.1) is 0 Å². The van der Waals surface area contributed by atoms with Crippen LogP contribution in [0.1, 0.15) is 38.7 Å². The first-order valence-corrected chi connectivity index (χ1v) is 10.0. The fourth-order valence-corrected chi connectivity index (χ4v) is 3.89. The average molecular weight is 346 g/mol. The maximum atomic E-state index is 6.22. The molecule has 0 amide bonds. The smallest absolute Gasteiger partial charge is 0.119 e. The summed E-state index contributed by atoms with van der Waals surface area (Å²) in [7, 11) is 2.22. The predicted octanol–water partition coefficient (Wildman–Crippen LogP) is 3.08. The number of hydrogen-bond acceptors (Lipinski definition) is 4. The van der Waals surface area contributed by atoms with Gasteiger partial charge in [0.2, 0.25) is 0 Å². The molecule has 2 heterocycles. The Morgan fingerprint density at radius 1 is 0.960 bits per heavy atom. The molecule has 3 rings (SSSR count). The van der Waals surface area contributed by atoms with Crippen molar-refractivity contribution in [3.05, 3.63) is 29.8 Å². The van der Waals surface area contributed by atoms with E-state index in [1.165, 1.54) is 38.2 Å². The molecule has 1 aromatic carbocycles. The van der Waals surface area contributed by atoms with Gasteiger partial charge in [0.1, 0.15) is 11.9 Å². The van der Waals surface area contributed by atoms with Crippen LogP contribution in [0.2, 0.25) is 0 Å². The summed E-state index contributed by atoms with van der Waals surface area (Å²) in [6.45, 7) is 12.7. The van der Waals surface area contributed by atoms with Gasteiger partial charge in [-0.05, 0) is 70.9 Å². The lowest BCUT2D eigenvalue weighted by atomic mass is 10.1. The lowest BCUT2D eigenvalue weighted by Gasteiger charge is -2.34. The largest absolute Gasteiger partial charge is 0.490 e. The van der Waals surface area contributed by atoms with Crippen LogP contribution in [0.25, 0.3) is 0 Å². The SMILES string of the molecule is CC(C)N1CCC(Oc2ccc(CN3CCCN(C)CC3)cc2)CC1. The Bertz CT molecular complexity index is 508. The van der Waals surface area contributed by atoms with Crippen LogP contribution >= 0.6 is 0 Å². The summed E-state index contributed by atoms with van der Waals surface area (Å²) in [5, 5.41) is 0. The lowest BCUT2D eigenvalue weighted by Crippen LogP contribution is -2.41. The molecule has 140 valence electrons. The second kappa shape index (κ2) is 9.02. The molecule has 4 heteroatoms. The van der Waals surface area contributed by atoms with E-state index in [0.717, 1.165) is 38.2 Å². The Kier molecular flexibility index (Phi) is 6.74. The number of nitrogens with zero attached hydrogens (tertiary/aromatic N) is 3. The van der Waals surface area contributed by atoms with E-state index in [-0.39, 0.29) is 0 Å². The van der Waals surface area contributed by atoms with Gasteiger partial charge in [-0.3, -0.25) is 4.90 Å². The number of ether oxygens (including phenoxy) is 1. The quantitative estimate of drug-likeness (QED) is 0.816. The maximum Gasteiger partial charge on any atom is 0.119 e. The summed E-state index contributed by atoms with van der Waals surface area (Å²) in [6, 6.07) is 9.46. The Balaban J connectivity index is 1.46. The first-order chi connectivity index (χ1) is 12.1. The highest BCUT2D eigenvalue weighted by Gasteiger charge is 2.22. The minimum atomic E-state index is 0.377. The van der Waals surface area contributed by atoms with Gasteiger partial charge in [-0.2, -0.15) is 0 Å². The van der Waals surface area contributed by atoms with Crippen LogP contribution in [0.5, 0.6) is 5.75 Å². The zero-order valence-corrected chi connectivity index (χ0v) is 16.3. The number of piperidine rings is 1. The number of rotatable bonds is 5. The molecule has 0 spiro atoms. The van der Waals surface area contributed by atoms with Crippen molar-refractivity contribution in [3.63, 3.8) is 0 Å². The van der Waals surface area contributed by atoms with Gasteiger partial charge in [0.25, 0.3) is 0 Å². The molecule has 0 N–H and O–H groups in total. The van der Waals surface area contributed by atoms with Crippen molar-refractivity contribution < 1.29 is 4.74 Å². The number of benzene rings is 1. The summed E-state index contributed by atoms with van der Waals surface area (Å²) < 4.78 is 6.22. The summed E-state index contributed by atoms with van der Waals surface area (Å²) in [5.41, 5.74) is 1.39. The predicted molar refractivity (Wildman–Crippen MR) is 104 cm³/mol. The Hall–Kier alpha value is -1.10. The molecular formula is C21H35N3O. The second-order valence-electron chi connectivity index (χ2n) is 8.02. The summed E-state index contributed by atoms with van der Waals surface area (Å²) in [4.78, 5) is 7.55. The highest BCUT2D eigenvalue weighted by molar-refractivity contribution is 5.27. The number of likely N-dealkylation sites (tertiary alicyclic amines) is 1. The molecule has 2 aliphatic heterocycles. The van der Waals surface area contributed by atoms with Crippen LogP contribution in [0.3, 0.4) is 0 Å². The molecular weight excluding hydrogens is 310 g/mol. The third-order valence-electron chi connectivity index (χ3n) is 5.65. The van der Waals surface area contributed by atoms with E-state index >= 15 is 0 Å². The topological polar surface area (TPSA) is 19.0 Å². The molecule has 25 heavy (non-hydrogen) atoms. The lowest BCUT2D eigenvalue weighted by molar-refractivity contribution is 0.0843. The molecule has 2 fully saturated rings. The molecule has 0 atom stereocenters. The molecule has 0 aromatic heterocycles. The van der Waals surface area contributed by atoms with Crippen LogP contribution in [-0.4, -0.2) is 73.2 Å². The van der Waals surface area contributed by atoms with Gasteiger partial charge in [0.05, 0.1) is 0 Å². The van der Waals surface area contributed by atoms with Crippen molar-refractivity contribution in [2.45, 2.75) is 51.8 Å². The molecule has 1 aromatic rings. The van der Waals surface area contributed by atoms with E-state index in [4.69, 9.17) is 4.74 Å². The monoisotopic (exact) mass is 345 g/mol. The minimum Gasteiger partial charge on any atom is -0.490 e. The van der Waals surface area contributed by atoms with E-state index in [1.807, 2.05) is 0 Å². The molecule has 0 bridgehead atoms. The van der Waals surface area contributed by atoms with Crippen LogP contribution in [0.15, 0.2) is 24.3 Å². The van der Waals surface area contributed by atoms with E-state index in [9.17, 15) is 0 Å². The standard InChI is InChI=1S/C21H35N3O/c1-18(2)24-13-9-21(10-14-24)25-20-7-5-19(6-8-20)17-23-12-4-11-22(3)15-16-23/h5-8,18,21H,4,9-17H2,1-3H3. The van der Waals surface area contributed by atoms with Crippen molar-refractivity contribution >= 4 is 0 Å². The Morgan fingerprint density at radius 2 is 1.68 bits per heavy atom. The van der Waals surface area contributed by atoms with Crippen LogP contribution in [-0.2, 0) is 6.54 Å². The zero-order valence-electron chi connectivity index (χ0n) is 16.3. The van der Waals surface area contributed by atoms with Crippen LogP contribution < -0.4 is 4.74 Å². The normalized spacial score (nSPS) is 22.2. The third-order valence-corrected chi connectivity index (χ3v) is 5.65. The van der Waals surface area contributed by atoms with Gasteiger partial charge < -0.3 is 14.5 Å². The Morgan fingerprint density at radius 3 is 2.36 bits per heavy atom. The number of hydrogen-bond donors (Lipinski definition) is 0. The molecule has 0 aliphatic carbocycles. The summed E-state index contributed by atoms with van der Waals surface area (Å²) in [6.07, 6.45) is 3.93. The van der Waals surface area contributed by atoms with Gasteiger partial charge in [0, 0.05) is 38.8 Å². The fraction of sp³-hybridized carbons (Fsp3) is 0.714. The molecule has 4 nitrogen and oxygen atoms in total. The van der Waals surface area contributed by atoms with Gasteiger partial charge >= 0.3 is 0 Å². The fourth-order valence-electron chi connectivity index (χ4n) is 3.89. The van der Waals surface area contributed by atoms with Gasteiger partial charge in [-0.15, -0.1) is 0 Å². The average Bonchev–Trinajstić information content (AvgIpc) is 2.81. The molecule has 0 unspecified atom stereocenters. The minimum absolute atomic E-state index is 0.377.